The van der Waals surface area contributed by atoms with Gasteiger partial charge >= 0.3 is 77.4 Å². The molecule has 1 rings (SSSR count). The van der Waals surface area contributed by atoms with Gasteiger partial charge in [0.15, 0.2) is 0 Å². The number of halogens is 3. The predicted octanol–water partition coefficient (Wildman–Crippen LogP) is 2.31. The van der Waals surface area contributed by atoms with Gasteiger partial charge in [0.2, 0.25) is 0 Å². The van der Waals surface area contributed by atoms with E-state index in [9.17, 15) is 4.39 Å². The molecular formula is C6H4Br2FSe+. The molecular weight excluding hydrogens is 330 g/mol. The van der Waals surface area contributed by atoms with Crippen LogP contribution in [0.4, 0.5) is 4.39 Å². The maximum absolute atomic E-state index is 12.3. The summed E-state index contributed by atoms with van der Waals surface area (Å²) in [5, 5.41) is 0. The molecule has 0 N–H and O–H groups in total. The summed E-state index contributed by atoms with van der Waals surface area (Å²) in [6.45, 7) is 0. The molecule has 0 aliphatic heterocycles. The fourth-order valence-corrected chi connectivity index (χ4v) is 3.50. The number of rotatable bonds is 1. The molecule has 1 aromatic rings. The van der Waals surface area contributed by atoms with E-state index in [2.05, 4.69) is 28.2 Å². The van der Waals surface area contributed by atoms with Gasteiger partial charge in [-0.25, -0.2) is 0 Å². The summed E-state index contributed by atoms with van der Waals surface area (Å²) in [5.74, 6) is -0.184. The second kappa shape index (κ2) is 3.86. The van der Waals surface area contributed by atoms with Crippen LogP contribution in [0.1, 0.15) is 0 Å². The van der Waals surface area contributed by atoms with Crippen LogP contribution in [0.15, 0.2) is 24.3 Å². The van der Waals surface area contributed by atoms with Gasteiger partial charge < -0.3 is 0 Å². The third-order valence-electron chi connectivity index (χ3n) is 0.992. The molecule has 0 saturated carbocycles. The van der Waals surface area contributed by atoms with Crippen molar-refractivity contribution in [2.24, 2.45) is 0 Å². The Kier molecular flexibility index (Phi) is 3.37. The first kappa shape index (κ1) is 8.72. The van der Waals surface area contributed by atoms with Crippen molar-refractivity contribution in [2.45, 2.75) is 0 Å². The van der Waals surface area contributed by atoms with Crippen molar-refractivity contribution >= 4 is 43.0 Å². The molecule has 0 saturated heterocycles. The van der Waals surface area contributed by atoms with Crippen LogP contribution in [-0.4, -0.2) is 10.3 Å². The monoisotopic (exact) mass is 333 g/mol. The summed E-state index contributed by atoms with van der Waals surface area (Å²) in [6, 6.07) is 6.50. The average molecular weight is 334 g/mol. The molecule has 0 aliphatic carbocycles. The van der Waals surface area contributed by atoms with Crippen LogP contribution in [0.25, 0.3) is 0 Å². The van der Waals surface area contributed by atoms with Gasteiger partial charge in [-0.05, 0) is 0 Å². The van der Waals surface area contributed by atoms with Crippen LogP contribution in [0.3, 0.4) is 0 Å². The maximum atomic E-state index is 12.3. The van der Waals surface area contributed by atoms with Gasteiger partial charge in [-0.1, -0.05) is 0 Å². The summed E-state index contributed by atoms with van der Waals surface area (Å²) in [5.41, 5.74) is 0. The van der Waals surface area contributed by atoms with E-state index >= 15 is 0 Å². The molecule has 0 aliphatic rings. The summed E-state index contributed by atoms with van der Waals surface area (Å²) >= 11 is 6.85. The number of hydrogen-bond donors (Lipinski definition) is 0. The Morgan fingerprint density at radius 2 is 1.60 bits per heavy atom. The molecule has 0 spiro atoms. The summed E-state index contributed by atoms with van der Waals surface area (Å²) in [6.07, 6.45) is 0. The molecule has 54 valence electrons. The first-order chi connectivity index (χ1) is 4.70. The van der Waals surface area contributed by atoms with Crippen LogP contribution in [-0.2, 0) is 0 Å². The normalized spacial score (nSPS) is 10.4. The zero-order valence-corrected chi connectivity index (χ0v) is 9.74. The van der Waals surface area contributed by atoms with Crippen LogP contribution < -0.4 is 4.46 Å². The van der Waals surface area contributed by atoms with E-state index in [1.807, 2.05) is 0 Å². The van der Waals surface area contributed by atoms with E-state index in [0.717, 1.165) is 4.46 Å². The Hall–Kier alpha value is 0.629. The predicted molar refractivity (Wildman–Crippen MR) is 49.6 cm³/mol. The Morgan fingerprint density at radius 3 is 2.00 bits per heavy atom. The van der Waals surface area contributed by atoms with Crippen LogP contribution in [0.2, 0.25) is 0 Å². The van der Waals surface area contributed by atoms with Crippen LogP contribution in [0, 0.1) is 5.82 Å². The van der Waals surface area contributed by atoms with Gasteiger partial charge in [-0.3, -0.25) is 0 Å². The van der Waals surface area contributed by atoms with Crippen molar-refractivity contribution in [2.75, 3.05) is 0 Å². The average Bonchev–Trinajstić information content (AvgIpc) is 1.88. The Labute approximate surface area is 77.1 Å². The molecule has 10 heavy (non-hydrogen) atoms. The molecule has 0 amide bonds. The van der Waals surface area contributed by atoms with Crippen LogP contribution >= 0.6 is 28.2 Å². The van der Waals surface area contributed by atoms with Gasteiger partial charge in [-0.15, -0.1) is 0 Å². The SMILES string of the molecule is Fc1ccc([Se+](Br)Br)cc1. The molecule has 0 nitrogen and oxygen atoms in total. The summed E-state index contributed by atoms with van der Waals surface area (Å²) in [7, 11) is -0.971. The van der Waals surface area contributed by atoms with Crippen molar-refractivity contribution in [1.29, 1.82) is 0 Å². The minimum atomic E-state index is -0.971. The molecule has 0 heterocycles. The van der Waals surface area contributed by atoms with E-state index in [0.29, 0.717) is 0 Å². The van der Waals surface area contributed by atoms with Gasteiger partial charge in [0, 0.05) is 0 Å². The van der Waals surface area contributed by atoms with Gasteiger partial charge in [0.1, 0.15) is 0 Å². The van der Waals surface area contributed by atoms with Crippen molar-refractivity contribution in [3.05, 3.63) is 30.1 Å². The van der Waals surface area contributed by atoms with Crippen molar-refractivity contribution in [1.82, 2.24) is 0 Å². The molecule has 0 unspecified atom stereocenters. The van der Waals surface area contributed by atoms with Gasteiger partial charge in [0.25, 0.3) is 0 Å². The van der Waals surface area contributed by atoms with Crippen LogP contribution in [0.5, 0.6) is 0 Å². The summed E-state index contributed by atoms with van der Waals surface area (Å²) in [4.78, 5) is 0. The molecule has 0 bridgehead atoms. The first-order valence-electron chi connectivity index (χ1n) is 2.52. The Balaban J connectivity index is 2.89. The molecule has 4 heteroatoms. The van der Waals surface area contributed by atoms with E-state index in [1.54, 1.807) is 12.1 Å². The quantitative estimate of drug-likeness (QED) is 0.692. The Bertz CT molecular complexity index is 209. The zero-order chi connectivity index (χ0) is 7.56. The topological polar surface area (TPSA) is 0 Å². The third kappa shape index (κ3) is 2.35. The summed E-state index contributed by atoms with van der Waals surface area (Å²) < 4.78 is 13.5. The minimum absolute atomic E-state index is 0.184. The van der Waals surface area contributed by atoms with E-state index in [1.165, 1.54) is 12.1 Å². The third-order valence-corrected chi connectivity index (χ3v) is 6.20. The second-order valence-corrected chi connectivity index (χ2v) is 14.8. The van der Waals surface area contributed by atoms with E-state index in [-0.39, 0.29) is 5.82 Å². The van der Waals surface area contributed by atoms with E-state index in [4.69, 9.17) is 0 Å². The van der Waals surface area contributed by atoms with Gasteiger partial charge in [-0.2, -0.15) is 0 Å². The second-order valence-electron chi connectivity index (χ2n) is 1.67. The molecule has 0 atom stereocenters. The molecule has 0 radical (unpaired) electrons. The molecule has 0 aromatic heterocycles. The Morgan fingerprint density at radius 1 is 1.10 bits per heavy atom. The first-order valence-corrected chi connectivity index (χ1v) is 11.4. The van der Waals surface area contributed by atoms with Crippen molar-refractivity contribution < 1.29 is 4.39 Å². The number of benzene rings is 1. The molecule has 1 aromatic carbocycles. The van der Waals surface area contributed by atoms with E-state index < -0.39 is 10.3 Å². The van der Waals surface area contributed by atoms with Crippen molar-refractivity contribution in [3.63, 3.8) is 0 Å². The standard InChI is InChI=1S/C6H4Br2FSe/c7-10(8)6-3-1-5(9)2-4-6/h1-4H/q+1. The van der Waals surface area contributed by atoms with Crippen molar-refractivity contribution in [3.8, 4) is 0 Å². The fraction of sp³-hybridized carbons (Fsp3) is 0. The number of hydrogen-bond acceptors (Lipinski definition) is 0. The fourth-order valence-electron chi connectivity index (χ4n) is 0.537. The zero-order valence-electron chi connectivity index (χ0n) is 4.85. The molecule has 0 fully saturated rings. The van der Waals surface area contributed by atoms with Gasteiger partial charge in [0.05, 0.1) is 0 Å².